The number of urea groups is 1. The number of benzene rings is 1. The predicted molar refractivity (Wildman–Crippen MR) is 87.0 cm³/mol. The molecule has 0 bridgehead atoms. The molecule has 0 atom stereocenters. The summed E-state index contributed by atoms with van der Waals surface area (Å²) in [5.74, 6) is 0. The third kappa shape index (κ3) is 5.19. The van der Waals surface area contributed by atoms with Gasteiger partial charge in [0.1, 0.15) is 0 Å². The lowest BCUT2D eigenvalue weighted by molar-refractivity contribution is 0.140. The monoisotopic (exact) mass is 310 g/mol. The molecule has 6 heteroatoms. The summed E-state index contributed by atoms with van der Waals surface area (Å²) in [5, 5.41) is 3.52. The van der Waals surface area contributed by atoms with E-state index < -0.39 is 0 Å². The van der Waals surface area contributed by atoms with Gasteiger partial charge < -0.3 is 15.1 Å². The van der Waals surface area contributed by atoms with Crippen molar-refractivity contribution in [3.05, 3.63) is 29.3 Å². The fourth-order valence-corrected chi connectivity index (χ4v) is 2.48. The minimum Gasteiger partial charge on any atom is -0.322 e. The highest BCUT2D eigenvalue weighted by molar-refractivity contribution is 6.30. The quantitative estimate of drug-likeness (QED) is 0.925. The zero-order valence-electron chi connectivity index (χ0n) is 12.7. The molecule has 21 heavy (non-hydrogen) atoms. The van der Waals surface area contributed by atoms with Crippen LogP contribution in [0.2, 0.25) is 5.02 Å². The van der Waals surface area contributed by atoms with E-state index in [9.17, 15) is 4.79 Å². The lowest BCUT2D eigenvalue weighted by Crippen LogP contribution is -2.51. The van der Waals surface area contributed by atoms with Crippen LogP contribution in [0.4, 0.5) is 10.5 Å². The minimum absolute atomic E-state index is 0.0514. The topological polar surface area (TPSA) is 38.8 Å². The van der Waals surface area contributed by atoms with E-state index in [1.807, 2.05) is 17.0 Å². The molecule has 1 aliphatic heterocycles. The first-order valence-corrected chi connectivity index (χ1v) is 7.61. The first-order valence-electron chi connectivity index (χ1n) is 7.23. The van der Waals surface area contributed by atoms with Crippen molar-refractivity contribution in [2.24, 2.45) is 0 Å². The van der Waals surface area contributed by atoms with Gasteiger partial charge in [0.15, 0.2) is 0 Å². The van der Waals surface area contributed by atoms with Gasteiger partial charge in [-0.25, -0.2) is 4.79 Å². The number of halogens is 1. The fourth-order valence-electron chi connectivity index (χ4n) is 2.28. The molecule has 116 valence electrons. The van der Waals surface area contributed by atoms with Gasteiger partial charge in [0.05, 0.1) is 0 Å². The summed E-state index contributed by atoms with van der Waals surface area (Å²) in [7, 11) is 4.16. The Morgan fingerprint density at radius 1 is 1.29 bits per heavy atom. The van der Waals surface area contributed by atoms with Gasteiger partial charge in [0.25, 0.3) is 0 Å². The Balaban J connectivity index is 1.78. The summed E-state index contributed by atoms with van der Waals surface area (Å²) in [5.41, 5.74) is 0.738. The lowest BCUT2D eigenvalue weighted by atomic mass is 10.3. The average molecular weight is 311 g/mol. The molecule has 1 aromatic carbocycles. The van der Waals surface area contributed by atoms with Crippen molar-refractivity contribution >= 4 is 23.3 Å². The van der Waals surface area contributed by atoms with Crippen LogP contribution in [0.1, 0.15) is 0 Å². The largest absolute Gasteiger partial charge is 0.322 e. The molecule has 0 saturated carbocycles. The Morgan fingerprint density at radius 3 is 2.62 bits per heavy atom. The number of hydrogen-bond donors (Lipinski definition) is 1. The zero-order valence-corrected chi connectivity index (χ0v) is 13.4. The summed E-state index contributed by atoms with van der Waals surface area (Å²) >= 11 is 5.92. The number of hydrogen-bond acceptors (Lipinski definition) is 3. The molecule has 1 fully saturated rings. The maximum atomic E-state index is 12.2. The maximum Gasteiger partial charge on any atom is 0.321 e. The highest BCUT2D eigenvalue weighted by Crippen LogP contribution is 2.15. The van der Waals surface area contributed by atoms with Crippen molar-refractivity contribution in [1.82, 2.24) is 14.7 Å². The predicted octanol–water partition coefficient (Wildman–Crippen LogP) is 2.05. The molecular formula is C15H23ClN4O. The van der Waals surface area contributed by atoms with Gasteiger partial charge in [-0.1, -0.05) is 17.7 Å². The molecule has 0 unspecified atom stereocenters. The van der Waals surface area contributed by atoms with Crippen LogP contribution >= 0.6 is 11.6 Å². The highest BCUT2D eigenvalue weighted by Gasteiger charge is 2.20. The zero-order chi connectivity index (χ0) is 15.2. The number of rotatable bonds is 4. The Bertz CT molecular complexity index is 472. The van der Waals surface area contributed by atoms with Crippen LogP contribution in [0.25, 0.3) is 0 Å². The second kappa shape index (κ2) is 7.64. The summed E-state index contributed by atoms with van der Waals surface area (Å²) in [6, 6.07) is 7.17. The van der Waals surface area contributed by atoms with Gasteiger partial charge in [-0.3, -0.25) is 4.90 Å². The van der Waals surface area contributed by atoms with E-state index in [1.54, 1.807) is 12.1 Å². The molecule has 1 aromatic rings. The van der Waals surface area contributed by atoms with E-state index in [0.29, 0.717) is 5.02 Å². The van der Waals surface area contributed by atoms with Gasteiger partial charge in [-0.15, -0.1) is 0 Å². The van der Waals surface area contributed by atoms with Gasteiger partial charge in [-0.2, -0.15) is 0 Å². The molecule has 0 aliphatic carbocycles. The number of piperazine rings is 1. The molecule has 1 saturated heterocycles. The van der Waals surface area contributed by atoms with Gasteiger partial charge in [-0.05, 0) is 32.3 Å². The first-order chi connectivity index (χ1) is 10.0. The van der Waals surface area contributed by atoms with Crippen molar-refractivity contribution in [3.8, 4) is 0 Å². The van der Waals surface area contributed by atoms with Crippen molar-refractivity contribution in [1.29, 1.82) is 0 Å². The van der Waals surface area contributed by atoms with Crippen LogP contribution in [-0.4, -0.2) is 74.1 Å². The Kier molecular flexibility index (Phi) is 5.85. The normalized spacial score (nSPS) is 16.3. The Hall–Kier alpha value is -1.30. The molecule has 2 rings (SSSR count). The summed E-state index contributed by atoms with van der Waals surface area (Å²) < 4.78 is 0. The van der Waals surface area contributed by atoms with E-state index in [-0.39, 0.29) is 6.03 Å². The standard InChI is InChI=1S/C15H23ClN4O/c1-18(2)6-7-19-8-10-20(11-9-19)15(21)17-14-5-3-4-13(16)12-14/h3-5,12H,6-11H2,1-2H3,(H,17,21). The van der Waals surface area contributed by atoms with E-state index in [1.165, 1.54) is 0 Å². The molecular weight excluding hydrogens is 288 g/mol. The van der Waals surface area contributed by atoms with Crippen LogP contribution in [0.15, 0.2) is 24.3 Å². The average Bonchev–Trinajstić information content (AvgIpc) is 2.45. The number of carbonyl (C=O) groups excluding carboxylic acids is 1. The lowest BCUT2D eigenvalue weighted by Gasteiger charge is -2.35. The van der Waals surface area contributed by atoms with E-state index in [0.717, 1.165) is 45.0 Å². The fraction of sp³-hybridized carbons (Fsp3) is 0.533. The molecule has 0 aromatic heterocycles. The van der Waals surface area contributed by atoms with Gasteiger partial charge in [0, 0.05) is 50.0 Å². The third-order valence-corrected chi connectivity index (χ3v) is 3.83. The SMILES string of the molecule is CN(C)CCN1CCN(C(=O)Nc2cccc(Cl)c2)CC1. The summed E-state index contributed by atoms with van der Waals surface area (Å²) in [6.07, 6.45) is 0. The van der Waals surface area contributed by atoms with Crippen LogP contribution < -0.4 is 5.32 Å². The van der Waals surface area contributed by atoms with Crippen LogP contribution in [0.5, 0.6) is 0 Å². The van der Waals surface area contributed by atoms with E-state index in [4.69, 9.17) is 11.6 Å². The second-order valence-corrected chi connectivity index (χ2v) is 6.01. The molecule has 1 aliphatic rings. The van der Waals surface area contributed by atoms with Crippen molar-refractivity contribution in [3.63, 3.8) is 0 Å². The Labute approximate surface area is 131 Å². The first kappa shape index (κ1) is 16.1. The van der Waals surface area contributed by atoms with E-state index >= 15 is 0 Å². The maximum absolute atomic E-state index is 12.2. The van der Waals surface area contributed by atoms with E-state index in [2.05, 4.69) is 29.2 Å². The number of carbonyl (C=O) groups is 1. The molecule has 1 N–H and O–H groups in total. The van der Waals surface area contributed by atoms with Crippen molar-refractivity contribution < 1.29 is 4.79 Å². The number of likely N-dealkylation sites (N-methyl/N-ethyl adjacent to an activating group) is 1. The van der Waals surface area contributed by atoms with Crippen molar-refractivity contribution in [2.45, 2.75) is 0 Å². The number of nitrogens with zero attached hydrogens (tertiary/aromatic N) is 3. The van der Waals surface area contributed by atoms with Crippen LogP contribution in [-0.2, 0) is 0 Å². The Morgan fingerprint density at radius 2 is 2.00 bits per heavy atom. The van der Waals surface area contributed by atoms with Crippen LogP contribution in [0, 0.1) is 0 Å². The third-order valence-electron chi connectivity index (χ3n) is 3.60. The number of amides is 2. The minimum atomic E-state index is -0.0514. The molecule has 2 amide bonds. The second-order valence-electron chi connectivity index (χ2n) is 5.57. The smallest absolute Gasteiger partial charge is 0.321 e. The number of nitrogens with one attached hydrogen (secondary N) is 1. The van der Waals surface area contributed by atoms with Crippen molar-refractivity contribution in [2.75, 3.05) is 58.7 Å². The molecule has 1 heterocycles. The van der Waals surface area contributed by atoms with Gasteiger partial charge >= 0.3 is 6.03 Å². The number of anilines is 1. The molecule has 5 nitrogen and oxygen atoms in total. The summed E-state index contributed by atoms with van der Waals surface area (Å²) in [4.78, 5) is 18.6. The van der Waals surface area contributed by atoms with Crippen LogP contribution in [0.3, 0.4) is 0 Å². The molecule has 0 radical (unpaired) electrons. The summed E-state index contributed by atoms with van der Waals surface area (Å²) in [6.45, 7) is 5.48. The molecule has 0 spiro atoms. The van der Waals surface area contributed by atoms with Gasteiger partial charge in [0.2, 0.25) is 0 Å². The highest BCUT2D eigenvalue weighted by atomic mass is 35.5.